The molecule has 4 rings (SSSR count). The number of alkyl halides is 3. The van der Waals surface area contributed by atoms with Crippen molar-refractivity contribution in [1.29, 1.82) is 0 Å². The number of halogens is 3. The third kappa shape index (κ3) is 6.10. The summed E-state index contributed by atoms with van der Waals surface area (Å²) in [6.07, 6.45) is -2.99. The first-order chi connectivity index (χ1) is 16.6. The molecule has 9 heteroatoms. The lowest BCUT2D eigenvalue weighted by atomic mass is 9.99. The molecule has 1 amide bonds. The highest BCUT2D eigenvalue weighted by atomic mass is 19.4. The standard InChI is InChI=1S/C26H26F3N3O3/c1-16-14-32(15-17(2)34-16)24-12-9-20(13-30-24)25(33)31-23-6-4-5-22(18(23)3)19-7-10-21(11-8-19)35-26(27,28)29/h4-13,16-17H,14-15H2,1-3H3,(H,31,33)/t16-,17+. The lowest BCUT2D eigenvalue weighted by molar-refractivity contribution is -0.274. The van der Waals surface area contributed by atoms with Gasteiger partial charge in [0, 0.05) is 25.0 Å². The predicted molar refractivity (Wildman–Crippen MR) is 128 cm³/mol. The summed E-state index contributed by atoms with van der Waals surface area (Å²) in [7, 11) is 0. The van der Waals surface area contributed by atoms with Crippen molar-refractivity contribution in [3.63, 3.8) is 0 Å². The average molecular weight is 486 g/mol. The first-order valence-corrected chi connectivity index (χ1v) is 11.2. The first kappa shape index (κ1) is 24.5. The number of hydrogen-bond donors (Lipinski definition) is 1. The minimum atomic E-state index is -4.74. The largest absolute Gasteiger partial charge is 0.573 e. The number of pyridine rings is 1. The van der Waals surface area contributed by atoms with Gasteiger partial charge in [-0.25, -0.2) is 4.98 Å². The van der Waals surface area contributed by atoms with Crippen LogP contribution in [0.4, 0.5) is 24.7 Å². The molecular weight excluding hydrogens is 459 g/mol. The van der Waals surface area contributed by atoms with Crippen LogP contribution in [0.25, 0.3) is 11.1 Å². The molecule has 0 saturated carbocycles. The van der Waals surface area contributed by atoms with Crippen LogP contribution in [-0.2, 0) is 4.74 Å². The molecule has 35 heavy (non-hydrogen) atoms. The number of nitrogens with zero attached hydrogens (tertiary/aromatic N) is 2. The van der Waals surface area contributed by atoms with Gasteiger partial charge in [0.25, 0.3) is 5.91 Å². The van der Waals surface area contributed by atoms with Crippen molar-refractivity contribution in [1.82, 2.24) is 4.98 Å². The van der Waals surface area contributed by atoms with Crippen LogP contribution in [0.2, 0.25) is 0 Å². The normalized spacial score (nSPS) is 18.3. The maximum absolute atomic E-state index is 12.9. The third-order valence-corrected chi connectivity index (χ3v) is 5.73. The summed E-state index contributed by atoms with van der Waals surface area (Å²) in [6.45, 7) is 7.35. The Morgan fingerprint density at radius 2 is 1.74 bits per heavy atom. The van der Waals surface area contributed by atoms with E-state index in [4.69, 9.17) is 4.74 Å². The zero-order chi connectivity index (χ0) is 25.2. The van der Waals surface area contributed by atoms with Crippen molar-refractivity contribution in [2.24, 2.45) is 0 Å². The molecule has 1 saturated heterocycles. The molecule has 184 valence electrons. The SMILES string of the molecule is Cc1c(NC(=O)c2ccc(N3C[C@@H](C)O[C@@H](C)C3)nc2)cccc1-c1ccc(OC(F)(F)F)cc1. The van der Waals surface area contributed by atoms with Crippen LogP contribution in [0, 0.1) is 6.92 Å². The Bertz CT molecular complexity index is 1170. The van der Waals surface area contributed by atoms with Gasteiger partial charge in [0.1, 0.15) is 11.6 Å². The van der Waals surface area contributed by atoms with E-state index >= 15 is 0 Å². The van der Waals surface area contributed by atoms with Gasteiger partial charge in [-0.1, -0.05) is 24.3 Å². The fourth-order valence-electron chi connectivity index (χ4n) is 4.19. The lowest BCUT2D eigenvalue weighted by Gasteiger charge is -2.36. The fraction of sp³-hybridized carbons (Fsp3) is 0.308. The molecule has 2 aromatic carbocycles. The van der Waals surface area contributed by atoms with Gasteiger partial charge < -0.3 is 19.7 Å². The number of rotatable bonds is 5. The summed E-state index contributed by atoms with van der Waals surface area (Å²) >= 11 is 0. The van der Waals surface area contributed by atoms with Crippen molar-refractivity contribution < 1.29 is 27.4 Å². The Morgan fingerprint density at radius 3 is 2.34 bits per heavy atom. The smallest absolute Gasteiger partial charge is 0.406 e. The van der Waals surface area contributed by atoms with Gasteiger partial charge in [-0.3, -0.25) is 4.79 Å². The second-order valence-electron chi connectivity index (χ2n) is 8.57. The highest BCUT2D eigenvalue weighted by molar-refractivity contribution is 6.05. The molecule has 1 aliphatic rings. The average Bonchev–Trinajstić information content (AvgIpc) is 2.79. The number of morpholine rings is 1. The molecule has 1 aromatic heterocycles. The van der Waals surface area contributed by atoms with Gasteiger partial charge in [-0.05, 0) is 67.8 Å². The maximum atomic E-state index is 12.9. The molecule has 1 aliphatic heterocycles. The molecule has 3 aromatic rings. The predicted octanol–water partition coefficient (Wildman–Crippen LogP) is 5.82. The first-order valence-electron chi connectivity index (χ1n) is 11.2. The monoisotopic (exact) mass is 485 g/mol. The number of amides is 1. The Labute approximate surface area is 201 Å². The van der Waals surface area contributed by atoms with Crippen molar-refractivity contribution in [2.75, 3.05) is 23.3 Å². The topological polar surface area (TPSA) is 63.7 Å². The van der Waals surface area contributed by atoms with Gasteiger partial charge in [0.2, 0.25) is 0 Å². The quantitative estimate of drug-likeness (QED) is 0.493. The zero-order valence-electron chi connectivity index (χ0n) is 19.6. The van der Waals surface area contributed by atoms with E-state index in [2.05, 4.69) is 19.9 Å². The number of ether oxygens (including phenoxy) is 2. The van der Waals surface area contributed by atoms with Crippen LogP contribution in [0.3, 0.4) is 0 Å². The second-order valence-corrected chi connectivity index (χ2v) is 8.57. The molecule has 2 heterocycles. The maximum Gasteiger partial charge on any atom is 0.573 e. The summed E-state index contributed by atoms with van der Waals surface area (Å²) in [5.41, 5.74) is 3.29. The highest BCUT2D eigenvalue weighted by Crippen LogP contribution is 2.31. The van der Waals surface area contributed by atoms with Crippen molar-refractivity contribution in [2.45, 2.75) is 39.3 Å². The van der Waals surface area contributed by atoms with Gasteiger partial charge in [-0.2, -0.15) is 0 Å². The second kappa shape index (κ2) is 9.95. The van der Waals surface area contributed by atoms with Crippen LogP contribution in [-0.4, -0.2) is 42.6 Å². The number of anilines is 2. The molecule has 2 atom stereocenters. The molecular formula is C26H26F3N3O3. The summed E-state index contributed by atoms with van der Waals surface area (Å²) < 4.78 is 46.9. The summed E-state index contributed by atoms with van der Waals surface area (Å²) in [5.74, 6) is 0.196. The lowest BCUT2D eigenvalue weighted by Crippen LogP contribution is -2.45. The highest BCUT2D eigenvalue weighted by Gasteiger charge is 2.31. The minimum absolute atomic E-state index is 0.104. The summed E-state index contributed by atoms with van der Waals surface area (Å²) in [5, 5.41) is 2.91. The van der Waals surface area contributed by atoms with Gasteiger partial charge in [0.05, 0.1) is 17.8 Å². The van der Waals surface area contributed by atoms with E-state index in [1.807, 2.05) is 32.9 Å². The number of hydrogen-bond acceptors (Lipinski definition) is 5. The number of carbonyl (C=O) groups excluding carboxylic acids is 1. The van der Waals surface area contributed by atoms with E-state index in [1.165, 1.54) is 12.1 Å². The molecule has 6 nitrogen and oxygen atoms in total. The van der Waals surface area contributed by atoms with Crippen molar-refractivity contribution >= 4 is 17.4 Å². The molecule has 0 radical (unpaired) electrons. The van der Waals surface area contributed by atoms with Gasteiger partial charge >= 0.3 is 6.36 Å². The number of benzene rings is 2. The van der Waals surface area contributed by atoms with Crippen molar-refractivity contribution in [3.8, 4) is 16.9 Å². The fourth-order valence-corrected chi connectivity index (χ4v) is 4.19. The van der Waals surface area contributed by atoms with Gasteiger partial charge in [-0.15, -0.1) is 13.2 Å². The van der Waals surface area contributed by atoms with Crippen LogP contribution < -0.4 is 15.0 Å². The zero-order valence-corrected chi connectivity index (χ0v) is 19.6. The Kier molecular flexibility index (Phi) is 6.98. The molecule has 1 N–H and O–H groups in total. The number of nitrogens with one attached hydrogen (secondary N) is 1. The van der Waals surface area contributed by atoms with E-state index in [1.54, 1.807) is 36.5 Å². The van der Waals surface area contributed by atoms with Crippen LogP contribution in [0.15, 0.2) is 60.8 Å². The minimum Gasteiger partial charge on any atom is -0.406 e. The Balaban J connectivity index is 1.47. The summed E-state index contributed by atoms with van der Waals surface area (Å²) in [4.78, 5) is 19.5. The van der Waals surface area contributed by atoms with E-state index in [-0.39, 0.29) is 23.9 Å². The molecule has 1 fully saturated rings. The van der Waals surface area contributed by atoms with E-state index < -0.39 is 6.36 Å². The molecule has 0 bridgehead atoms. The summed E-state index contributed by atoms with van der Waals surface area (Å²) in [6, 6.07) is 14.6. The van der Waals surface area contributed by atoms with Crippen LogP contribution in [0.5, 0.6) is 5.75 Å². The molecule has 0 spiro atoms. The van der Waals surface area contributed by atoms with E-state index in [0.29, 0.717) is 16.8 Å². The van der Waals surface area contributed by atoms with Crippen LogP contribution >= 0.6 is 0 Å². The number of aromatic nitrogens is 1. The Morgan fingerprint density at radius 1 is 1.06 bits per heavy atom. The third-order valence-electron chi connectivity index (χ3n) is 5.73. The van der Waals surface area contributed by atoms with E-state index in [9.17, 15) is 18.0 Å². The number of carbonyl (C=O) groups is 1. The van der Waals surface area contributed by atoms with E-state index in [0.717, 1.165) is 30.0 Å². The molecule has 0 unspecified atom stereocenters. The van der Waals surface area contributed by atoms with Gasteiger partial charge in [0.15, 0.2) is 0 Å². The molecule has 0 aliphatic carbocycles. The van der Waals surface area contributed by atoms with Crippen LogP contribution in [0.1, 0.15) is 29.8 Å². The van der Waals surface area contributed by atoms with Crippen molar-refractivity contribution in [3.05, 3.63) is 71.9 Å². The Hall–Kier alpha value is -3.59.